The molecular weight excluding hydrogens is 498 g/mol. The van der Waals surface area contributed by atoms with Crippen LogP contribution in [0.5, 0.6) is 0 Å². The Bertz CT molecular complexity index is 822. The molecule has 0 radical (unpaired) electrons. The summed E-state index contributed by atoms with van der Waals surface area (Å²) in [6.07, 6.45) is -10.7. The summed E-state index contributed by atoms with van der Waals surface area (Å²) in [5.41, 5.74) is -11.8. The summed E-state index contributed by atoms with van der Waals surface area (Å²) in [5.74, 6) is 0. The molecule has 3 rings (SSSR count). The number of halogens is 8. The highest BCUT2D eigenvalue weighted by Crippen LogP contribution is 2.58. The third-order valence-corrected chi connectivity index (χ3v) is 5.33. The van der Waals surface area contributed by atoms with Crippen molar-refractivity contribution in [2.75, 3.05) is 0 Å². The van der Waals surface area contributed by atoms with Crippen molar-refractivity contribution in [1.29, 1.82) is 0 Å². The Kier molecular flexibility index (Phi) is 4.31. The Morgan fingerprint density at radius 3 is 1.19 bits per heavy atom. The fraction of sp³-hybridized carbons (Fsp3) is 0.250. The van der Waals surface area contributed by atoms with Crippen LogP contribution in [0.15, 0.2) is 45.3 Å². The van der Waals surface area contributed by atoms with Gasteiger partial charge in [0.25, 0.3) is 0 Å². The van der Waals surface area contributed by atoms with Gasteiger partial charge in [0.05, 0.1) is 0 Å². The summed E-state index contributed by atoms with van der Waals surface area (Å²) < 4.78 is 83.0. The van der Waals surface area contributed by atoms with Gasteiger partial charge in [-0.15, -0.1) is 0 Å². The smallest absolute Gasteiger partial charge is 0.372 e. The summed E-state index contributed by atoms with van der Waals surface area (Å²) in [4.78, 5) is 0. The van der Waals surface area contributed by atoms with E-state index in [0.29, 0.717) is 12.1 Å². The minimum Gasteiger partial charge on any atom is -0.372 e. The van der Waals surface area contributed by atoms with E-state index in [1.54, 1.807) is 0 Å². The van der Waals surface area contributed by atoms with Crippen LogP contribution in [0.1, 0.15) is 22.3 Å². The molecule has 0 heterocycles. The molecule has 0 saturated heterocycles. The lowest BCUT2D eigenvalue weighted by atomic mass is 9.67. The molecule has 2 nitrogen and oxygen atoms in total. The standard InChI is InChI=1S/C16H8Br2F6O2/c17-7-1-3-9-11(5-7)14(26,16(22,23)24)10-4-2-8(18)6-12(10)13(9,25)15(19,20)21/h1-6,25-26H. The van der Waals surface area contributed by atoms with Crippen LogP contribution >= 0.6 is 31.9 Å². The van der Waals surface area contributed by atoms with Gasteiger partial charge in [0.1, 0.15) is 0 Å². The molecule has 10 heteroatoms. The lowest BCUT2D eigenvalue weighted by Crippen LogP contribution is -2.55. The van der Waals surface area contributed by atoms with Crippen LogP contribution in [-0.2, 0) is 11.2 Å². The Labute approximate surface area is 159 Å². The number of aliphatic hydroxyl groups is 2. The van der Waals surface area contributed by atoms with Crippen LogP contribution in [0.2, 0.25) is 0 Å². The largest absolute Gasteiger partial charge is 0.425 e. The van der Waals surface area contributed by atoms with Gasteiger partial charge >= 0.3 is 12.4 Å². The predicted molar refractivity (Wildman–Crippen MR) is 86.4 cm³/mol. The zero-order valence-electron chi connectivity index (χ0n) is 12.4. The Morgan fingerprint density at radius 2 is 0.923 bits per heavy atom. The maximum atomic E-state index is 13.8. The molecule has 2 aromatic carbocycles. The number of fused-ring (bicyclic) bond motifs is 2. The molecule has 0 fully saturated rings. The highest BCUT2D eigenvalue weighted by atomic mass is 79.9. The van der Waals surface area contributed by atoms with E-state index in [4.69, 9.17) is 0 Å². The van der Waals surface area contributed by atoms with Crippen LogP contribution in [0.25, 0.3) is 0 Å². The molecule has 0 amide bonds. The molecule has 1 aliphatic rings. The molecule has 0 spiro atoms. The van der Waals surface area contributed by atoms with Crippen molar-refractivity contribution in [3.8, 4) is 0 Å². The van der Waals surface area contributed by atoms with Gasteiger partial charge in [-0.3, -0.25) is 0 Å². The fourth-order valence-corrected chi connectivity index (χ4v) is 3.89. The number of rotatable bonds is 0. The van der Waals surface area contributed by atoms with Crippen molar-refractivity contribution < 1.29 is 36.6 Å². The van der Waals surface area contributed by atoms with Crippen LogP contribution in [-0.4, -0.2) is 22.6 Å². The number of hydrogen-bond acceptors (Lipinski definition) is 2. The van der Waals surface area contributed by atoms with Gasteiger partial charge < -0.3 is 10.2 Å². The molecule has 0 bridgehead atoms. The highest BCUT2D eigenvalue weighted by Gasteiger charge is 2.68. The molecule has 2 N–H and O–H groups in total. The van der Waals surface area contributed by atoms with Crippen molar-refractivity contribution in [3.63, 3.8) is 0 Å². The van der Waals surface area contributed by atoms with Crippen molar-refractivity contribution in [2.24, 2.45) is 0 Å². The molecule has 26 heavy (non-hydrogen) atoms. The van der Waals surface area contributed by atoms with Crippen LogP contribution in [0.4, 0.5) is 26.3 Å². The van der Waals surface area contributed by atoms with E-state index in [1.165, 1.54) is 0 Å². The Hall–Kier alpha value is -1.10. The molecule has 1 aliphatic carbocycles. The summed E-state index contributed by atoms with van der Waals surface area (Å²) in [6, 6.07) is 5.01. The van der Waals surface area contributed by atoms with Gasteiger partial charge in [0, 0.05) is 31.2 Å². The molecule has 0 aliphatic heterocycles. The fourth-order valence-electron chi connectivity index (χ4n) is 3.16. The van der Waals surface area contributed by atoms with Crippen molar-refractivity contribution >= 4 is 31.9 Å². The molecule has 0 aromatic heterocycles. The molecule has 2 atom stereocenters. The van der Waals surface area contributed by atoms with E-state index in [9.17, 15) is 36.6 Å². The van der Waals surface area contributed by atoms with Crippen LogP contribution in [0, 0.1) is 0 Å². The van der Waals surface area contributed by atoms with Gasteiger partial charge in [-0.05, 0) is 24.3 Å². The highest BCUT2D eigenvalue weighted by molar-refractivity contribution is 9.10. The molecule has 0 saturated carbocycles. The van der Waals surface area contributed by atoms with Crippen LogP contribution in [0.3, 0.4) is 0 Å². The van der Waals surface area contributed by atoms with Gasteiger partial charge in [-0.1, -0.05) is 44.0 Å². The maximum Gasteiger partial charge on any atom is 0.425 e. The van der Waals surface area contributed by atoms with Gasteiger partial charge in [0.2, 0.25) is 11.2 Å². The maximum absolute atomic E-state index is 13.8. The lowest BCUT2D eigenvalue weighted by molar-refractivity contribution is -0.270. The Balaban J connectivity index is 2.55. The van der Waals surface area contributed by atoms with Gasteiger partial charge in [-0.25, -0.2) is 0 Å². The lowest BCUT2D eigenvalue weighted by Gasteiger charge is -2.45. The summed E-state index contributed by atoms with van der Waals surface area (Å²) in [7, 11) is 0. The van der Waals surface area contributed by atoms with Crippen LogP contribution < -0.4 is 0 Å². The Morgan fingerprint density at radius 1 is 0.615 bits per heavy atom. The summed E-state index contributed by atoms with van der Waals surface area (Å²) in [5, 5.41) is 21.2. The van der Waals surface area contributed by atoms with E-state index in [0.717, 1.165) is 24.3 Å². The van der Waals surface area contributed by atoms with Gasteiger partial charge in [0.15, 0.2) is 0 Å². The summed E-state index contributed by atoms with van der Waals surface area (Å²) in [6.45, 7) is 0. The second-order valence-electron chi connectivity index (χ2n) is 5.80. The monoisotopic (exact) mass is 504 g/mol. The first kappa shape index (κ1) is 19.7. The van der Waals surface area contributed by atoms with E-state index >= 15 is 0 Å². The second-order valence-corrected chi connectivity index (χ2v) is 7.63. The third kappa shape index (κ3) is 2.45. The van der Waals surface area contributed by atoms with E-state index < -0.39 is 45.8 Å². The van der Waals surface area contributed by atoms with E-state index in [-0.39, 0.29) is 8.95 Å². The minimum atomic E-state index is -5.34. The molecule has 140 valence electrons. The quantitative estimate of drug-likeness (QED) is 0.488. The molecular formula is C16H8Br2F6O2. The minimum absolute atomic E-state index is 0.0176. The van der Waals surface area contributed by atoms with E-state index in [2.05, 4.69) is 31.9 Å². The van der Waals surface area contributed by atoms with Crippen molar-refractivity contribution in [1.82, 2.24) is 0 Å². The average molecular weight is 506 g/mol. The average Bonchev–Trinajstić information content (AvgIpc) is 2.50. The zero-order chi connectivity index (χ0) is 19.7. The number of alkyl halides is 6. The SMILES string of the molecule is OC1(C(F)(F)F)c2ccc(Br)cc2C(O)(C(F)(F)F)c2ccc(Br)cc21. The molecule has 2 unspecified atom stereocenters. The zero-order valence-corrected chi connectivity index (χ0v) is 15.6. The third-order valence-electron chi connectivity index (χ3n) is 4.34. The number of hydrogen-bond donors (Lipinski definition) is 2. The first-order valence-electron chi connectivity index (χ1n) is 6.94. The van der Waals surface area contributed by atoms with Crippen molar-refractivity contribution in [3.05, 3.63) is 67.6 Å². The van der Waals surface area contributed by atoms with Gasteiger partial charge in [-0.2, -0.15) is 26.3 Å². The first-order chi connectivity index (χ1) is 11.7. The normalized spacial score (nSPS) is 25.6. The molecule has 2 aromatic rings. The number of benzene rings is 2. The van der Waals surface area contributed by atoms with Crippen molar-refractivity contribution in [2.45, 2.75) is 23.6 Å². The summed E-state index contributed by atoms with van der Waals surface area (Å²) >= 11 is 5.80. The first-order valence-corrected chi connectivity index (χ1v) is 8.52. The van der Waals surface area contributed by atoms with E-state index in [1.807, 2.05) is 0 Å². The second kappa shape index (κ2) is 5.70. The predicted octanol–water partition coefficient (Wildman–Crippen LogP) is 5.12. The topological polar surface area (TPSA) is 40.5 Å².